The molecule has 0 radical (unpaired) electrons. The van der Waals surface area contributed by atoms with Gasteiger partial charge in [-0.25, -0.2) is 0 Å². The third-order valence-electron chi connectivity index (χ3n) is 3.71. The summed E-state index contributed by atoms with van der Waals surface area (Å²) in [4.78, 5) is 18.6. The van der Waals surface area contributed by atoms with Crippen LogP contribution in [0, 0.1) is 0 Å². The molecule has 0 spiro atoms. The van der Waals surface area contributed by atoms with E-state index in [0.29, 0.717) is 12.2 Å². The van der Waals surface area contributed by atoms with Gasteiger partial charge in [-0.15, -0.1) is 0 Å². The summed E-state index contributed by atoms with van der Waals surface area (Å²) in [6, 6.07) is 16.9. The van der Waals surface area contributed by atoms with E-state index in [1.54, 1.807) is 29.3 Å². The van der Waals surface area contributed by atoms with Gasteiger partial charge in [0.25, 0.3) is 5.91 Å². The van der Waals surface area contributed by atoms with Crippen LogP contribution >= 0.6 is 11.3 Å². The molecule has 3 aromatic rings. The second kappa shape index (κ2) is 7.86. The van der Waals surface area contributed by atoms with Crippen LogP contribution in [0.4, 0.5) is 0 Å². The molecule has 2 heterocycles. The fourth-order valence-electron chi connectivity index (χ4n) is 2.45. The van der Waals surface area contributed by atoms with Crippen LogP contribution in [0.1, 0.15) is 27.7 Å². The molecule has 0 saturated carbocycles. The molecular weight excluding hydrogens is 320 g/mol. The summed E-state index contributed by atoms with van der Waals surface area (Å²) in [5, 5.41) is 14.3. The summed E-state index contributed by atoms with van der Waals surface area (Å²) < 4.78 is 0. The standard InChI is InChI=1S/C19H18N2O2S/c22-18(16-9-11-24-14-16)13-21(12-15-6-2-1-3-7-15)19(23)17-8-4-5-10-20-17/h1-11,14,18,22H,12-13H2. The number of nitrogens with zero attached hydrogens (tertiary/aromatic N) is 2. The molecule has 0 fully saturated rings. The largest absolute Gasteiger partial charge is 0.387 e. The second-order valence-electron chi connectivity index (χ2n) is 5.46. The number of carbonyl (C=O) groups is 1. The van der Waals surface area contributed by atoms with Gasteiger partial charge < -0.3 is 10.0 Å². The van der Waals surface area contributed by atoms with Gasteiger partial charge in [0.15, 0.2) is 0 Å². The Bertz CT molecular complexity index is 761. The monoisotopic (exact) mass is 338 g/mol. The van der Waals surface area contributed by atoms with Crippen LogP contribution in [-0.4, -0.2) is 27.4 Å². The highest BCUT2D eigenvalue weighted by atomic mass is 32.1. The molecule has 122 valence electrons. The van der Waals surface area contributed by atoms with Gasteiger partial charge in [0.05, 0.1) is 12.6 Å². The lowest BCUT2D eigenvalue weighted by atomic mass is 10.1. The van der Waals surface area contributed by atoms with Crippen molar-refractivity contribution in [1.29, 1.82) is 0 Å². The predicted molar refractivity (Wildman–Crippen MR) is 94.7 cm³/mol. The number of benzene rings is 1. The lowest BCUT2D eigenvalue weighted by molar-refractivity contribution is 0.0599. The molecule has 4 nitrogen and oxygen atoms in total. The Labute approximate surface area is 145 Å². The van der Waals surface area contributed by atoms with Crippen molar-refractivity contribution in [3.05, 3.63) is 88.4 Å². The van der Waals surface area contributed by atoms with Crippen molar-refractivity contribution in [2.24, 2.45) is 0 Å². The van der Waals surface area contributed by atoms with Crippen molar-refractivity contribution >= 4 is 17.2 Å². The van der Waals surface area contributed by atoms with E-state index in [0.717, 1.165) is 11.1 Å². The fraction of sp³-hybridized carbons (Fsp3) is 0.158. The number of rotatable bonds is 6. The van der Waals surface area contributed by atoms with E-state index in [4.69, 9.17) is 0 Å². The summed E-state index contributed by atoms with van der Waals surface area (Å²) in [7, 11) is 0. The highest BCUT2D eigenvalue weighted by Gasteiger charge is 2.21. The molecule has 0 bridgehead atoms. The van der Waals surface area contributed by atoms with Gasteiger partial charge in [0, 0.05) is 12.7 Å². The Balaban J connectivity index is 1.81. The van der Waals surface area contributed by atoms with Gasteiger partial charge in [-0.05, 0) is 40.1 Å². The second-order valence-corrected chi connectivity index (χ2v) is 6.24. The highest BCUT2D eigenvalue weighted by Crippen LogP contribution is 2.19. The third-order valence-corrected chi connectivity index (χ3v) is 4.41. The van der Waals surface area contributed by atoms with Crippen molar-refractivity contribution in [3.8, 4) is 0 Å². The minimum absolute atomic E-state index is 0.186. The molecule has 1 unspecified atom stereocenters. The lowest BCUT2D eigenvalue weighted by Crippen LogP contribution is -2.34. The molecule has 1 amide bonds. The first-order valence-electron chi connectivity index (χ1n) is 7.68. The van der Waals surface area contributed by atoms with Crippen LogP contribution in [-0.2, 0) is 6.54 Å². The highest BCUT2D eigenvalue weighted by molar-refractivity contribution is 7.07. The van der Waals surface area contributed by atoms with Crippen molar-refractivity contribution in [1.82, 2.24) is 9.88 Å². The first-order chi connectivity index (χ1) is 11.7. The number of carbonyl (C=O) groups excluding carboxylic acids is 1. The first kappa shape index (κ1) is 16.4. The molecule has 24 heavy (non-hydrogen) atoms. The molecule has 0 aliphatic heterocycles. The number of hydrogen-bond acceptors (Lipinski definition) is 4. The van der Waals surface area contributed by atoms with E-state index in [2.05, 4.69) is 4.98 Å². The maximum absolute atomic E-state index is 12.8. The van der Waals surface area contributed by atoms with Crippen molar-refractivity contribution in [2.75, 3.05) is 6.54 Å². The van der Waals surface area contributed by atoms with Gasteiger partial charge in [-0.1, -0.05) is 36.4 Å². The smallest absolute Gasteiger partial charge is 0.272 e. The van der Waals surface area contributed by atoms with E-state index in [1.165, 1.54) is 11.3 Å². The molecule has 1 N–H and O–H groups in total. The van der Waals surface area contributed by atoms with Crippen LogP contribution < -0.4 is 0 Å². The van der Waals surface area contributed by atoms with Crippen LogP contribution in [0.5, 0.6) is 0 Å². The topological polar surface area (TPSA) is 53.4 Å². The Morgan fingerprint density at radius 2 is 1.92 bits per heavy atom. The summed E-state index contributed by atoms with van der Waals surface area (Å²) in [6.07, 6.45) is 0.885. The third kappa shape index (κ3) is 4.07. The molecule has 0 aliphatic carbocycles. The Kier molecular flexibility index (Phi) is 5.36. The fourth-order valence-corrected chi connectivity index (χ4v) is 3.16. The van der Waals surface area contributed by atoms with E-state index in [1.807, 2.05) is 47.2 Å². The average Bonchev–Trinajstić information content (AvgIpc) is 3.17. The van der Waals surface area contributed by atoms with Crippen molar-refractivity contribution in [2.45, 2.75) is 12.6 Å². The average molecular weight is 338 g/mol. The van der Waals surface area contributed by atoms with Crippen molar-refractivity contribution in [3.63, 3.8) is 0 Å². The van der Waals surface area contributed by atoms with Crippen LogP contribution in [0.3, 0.4) is 0 Å². The minimum atomic E-state index is -0.715. The quantitative estimate of drug-likeness (QED) is 0.748. The zero-order valence-electron chi connectivity index (χ0n) is 13.1. The predicted octanol–water partition coefficient (Wildman–Crippen LogP) is 3.52. The minimum Gasteiger partial charge on any atom is -0.387 e. The van der Waals surface area contributed by atoms with Crippen LogP contribution in [0.15, 0.2) is 71.6 Å². The molecule has 3 rings (SSSR count). The van der Waals surface area contributed by atoms with Gasteiger partial charge in [-0.3, -0.25) is 9.78 Å². The van der Waals surface area contributed by atoms with Gasteiger partial charge in [0.2, 0.25) is 0 Å². The maximum atomic E-state index is 12.8. The number of aliphatic hydroxyl groups excluding tert-OH is 1. The zero-order valence-corrected chi connectivity index (χ0v) is 13.9. The molecule has 0 aliphatic rings. The van der Waals surface area contributed by atoms with Gasteiger partial charge in [-0.2, -0.15) is 11.3 Å². The molecular formula is C19H18N2O2S. The van der Waals surface area contributed by atoms with Crippen molar-refractivity contribution < 1.29 is 9.90 Å². The SMILES string of the molecule is O=C(c1ccccn1)N(Cc1ccccc1)CC(O)c1ccsc1. The maximum Gasteiger partial charge on any atom is 0.272 e. The van der Waals surface area contributed by atoms with E-state index in [-0.39, 0.29) is 12.5 Å². The number of hydrogen-bond donors (Lipinski definition) is 1. The van der Waals surface area contributed by atoms with E-state index >= 15 is 0 Å². The molecule has 5 heteroatoms. The number of aromatic nitrogens is 1. The van der Waals surface area contributed by atoms with Crippen LogP contribution in [0.2, 0.25) is 0 Å². The normalized spacial score (nSPS) is 11.9. The Morgan fingerprint density at radius 1 is 1.12 bits per heavy atom. The Morgan fingerprint density at radius 3 is 2.58 bits per heavy atom. The lowest BCUT2D eigenvalue weighted by Gasteiger charge is -2.25. The number of thiophene rings is 1. The van der Waals surface area contributed by atoms with E-state index in [9.17, 15) is 9.90 Å². The van der Waals surface area contributed by atoms with E-state index < -0.39 is 6.10 Å². The molecule has 2 aromatic heterocycles. The molecule has 1 aromatic carbocycles. The summed E-state index contributed by atoms with van der Waals surface area (Å²) in [6.45, 7) is 0.651. The molecule has 0 saturated heterocycles. The zero-order chi connectivity index (χ0) is 16.8. The summed E-state index contributed by atoms with van der Waals surface area (Å²) >= 11 is 1.53. The number of amides is 1. The number of pyridine rings is 1. The van der Waals surface area contributed by atoms with Crippen LogP contribution in [0.25, 0.3) is 0 Å². The summed E-state index contributed by atoms with van der Waals surface area (Å²) in [5.41, 5.74) is 2.22. The number of aliphatic hydroxyl groups is 1. The molecule has 1 atom stereocenters. The Hall–Kier alpha value is -2.50. The van der Waals surface area contributed by atoms with Gasteiger partial charge >= 0.3 is 0 Å². The first-order valence-corrected chi connectivity index (χ1v) is 8.62. The summed E-state index contributed by atoms with van der Waals surface area (Å²) in [5.74, 6) is -0.186. The van der Waals surface area contributed by atoms with Gasteiger partial charge in [0.1, 0.15) is 5.69 Å².